The Morgan fingerprint density at radius 2 is 1.67 bits per heavy atom. The summed E-state index contributed by atoms with van der Waals surface area (Å²) in [5.41, 5.74) is -0.312. The SMILES string of the molecule is COc1ccc(C(=O)NC2CCCCCCC2)cc1S(=O)(=O)NC(C)(C)C. The molecule has 2 rings (SSSR count). The van der Waals surface area contributed by atoms with E-state index in [0.717, 1.165) is 25.7 Å². The highest BCUT2D eigenvalue weighted by atomic mass is 32.2. The third kappa shape index (κ3) is 6.50. The molecule has 27 heavy (non-hydrogen) atoms. The first-order valence-electron chi connectivity index (χ1n) is 9.65. The average Bonchev–Trinajstić information content (AvgIpc) is 2.54. The van der Waals surface area contributed by atoms with Crippen molar-refractivity contribution in [2.24, 2.45) is 0 Å². The number of methoxy groups -OCH3 is 1. The van der Waals surface area contributed by atoms with Gasteiger partial charge in [-0.2, -0.15) is 0 Å². The lowest BCUT2D eigenvalue weighted by Gasteiger charge is -2.22. The van der Waals surface area contributed by atoms with E-state index < -0.39 is 15.6 Å². The van der Waals surface area contributed by atoms with Gasteiger partial charge < -0.3 is 10.1 Å². The number of rotatable bonds is 5. The molecule has 1 amide bonds. The highest BCUT2D eigenvalue weighted by molar-refractivity contribution is 7.89. The Balaban J connectivity index is 2.23. The van der Waals surface area contributed by atoms with Crippen LogP contribution in [-0.4, -0.2) is 33.0 Å². The van der Waals surface area contributed by atoms with E-state index in [1.165, 1.54) is 38.5 Å². The minimum absolute atomic E-state index is 0.0229. The van der Waals surface area contributed by atoms with Crippen molar-refractivity contribution in [2.75, 3.05) is 7.11 Å². The minimum Gasteiger partial charge on any atom is -0.495 e. The summed E-state index contributed by atoms with van der Waals surface area (Å²) in [5, 5.41) is 3.07. The molecule has 0 spiro atoms. The maximum absolute atomic E-state index is 12.8. The van der Waals surface area contributed by atoms with Crippen LogP contribution in [0.4, 0.5) is 0 Å². The Labute approximate surface area is 163 Å². The molecule has 0 heterocycles. The van der Waals surface area contributed by atoms with Crippen molar-refractivity contribution < 1.29 is 17.9 Å². The number of sulfonamides is 1. The molecule has 0 saturated heterocycles. The molecule has 0 atom stereocenters. The number of ether oxygens (including phenoxy) is 1. The lowest BCUT2D eigenvalue weighted by atomic mass is 9.96. The fraction of sp³-hybridized carbons (Fsp3) is 0.650. The summed E-state index contributed by atoms with van der Waals surface area (Å²) in [4.78, 5) is 12.7. The van der Waals surface area contributed by atoms with Gasteiger partial charge in [0.15, 0.2) is 0 Å². The largest absolute Gasteiger partial charge is 0.495 e. The molecule has 0 unspecified atom stereocenters. The zero-order valence-electron chi connectivity index (χ0n) is 16.8. The second-order valence-corrected chi connectivity index (χ2v) is 9.89. The molecular formula is C20H32N2O4S. The lowest BCUT2D eigenvalue weighted by Crippen LogP contribution is -2.40. The van der Waals surface area contributed by atoms with E-state index in [9.17, 15) is 13.2 Å². The van der Waals surface area contributed by atoms with Crippen LogP contribution in [0.3, 0.4) is 0 Å². The van der Waals surface area contributed by atoms with Crippen molar-refractivity contribution in [3.63, 3.8) is 0 Å². The zero-order chi connectivity index (χ0) is 20.1. The lowest BCUT2D eigenvalue weighted by molar-refractivity contribution is 0.0930. The van der Waals surface area contributed by atoms with Crippen LogP contribution in [0.5, 0.6) is 5.75 Å². The predicted octanol–water partition coefficient (Wildman–Crippen LogP) is 3.61. The Hall–Kier alpha value is -1.60. The molecule has 6 nitrogen and oxygen atoms in total. The summed E-state index contributed by atoms with van der Waals surface area (Å²) in [6, 6.07) is 4.68. The molecule has 1 saturated carbocycles. The average molecular weight is 397 g/mol. The van der Waals surface area contributed by atoms with E-state index in [1.807, 2.05) is 0 Å². The van der Waals surface area contributed by atoms with E-state index in [2.05, 4.69) is 10.0 Å². The second-order valence-electron chi connectivity index (χ2n) is 8.24. The van der Waals surface area contributed by atoms with Gasteiger partial charge in [0.2, 0.25) is 10.0 Å². The first-order valence-corrected chi connectivity index (χ1v) is 11.1. The molecule has 2 N–H and O–H groups in total. The number of carbonyl (C=O) groups excluding carboxylic acids is 1. The molecule has 1 aliphatic carbocycles. The number of carbonyl (C=O) groups is 1. The van der Waals surface area contributed by atoms with E-state index in [4.69, 9.17) is 4.74 Å². The molecular weight excluding hydrogens is 364 g/mol. The van der Waals surface area contributed by atoms with Gasteiger partial charge in [0.05, 0.1) is 7.11 Å². The second kappa shape index (κ2) is 9.06. The van der Waals surface area contributed by atoms with Crippen molar-refractivity contribution in [1.29, 1.82) is 0 Å². The van der Waals surface area contributed by atoms with Gasteiger partial charge in [-0.1, -0.05) is 32.1 Å². The first-order chi connectivity index (χ1) is 12.6. The monoisotopic (exact) mass is 396 g/mol. The van der Waals surface area contributed by atoms with Crippen LogP contribution in [0.2, 0.25) is 0 Å². The summed E-state index contributed by atoms with van der Waals surface area (Å²) in [6.45, 7) is 5.30. The quantitative estimate of drug-likeness (QED) is 0.796. The number of nitrogens with one attached hydrogen (secondary N) is 2. The summed E-state index contributed by atoms with van der Waals surface area (Å²) in [6.07, 6.45) is 7.84. The van der Waals surface area contributed by atoms with Crippen LogP contribution >= 0.6 is 0 Å². The molecule has 1 aliphatic rings. The van der Waals surface area contributed by atoms with Crippen LogP contribution in [0, 0.1) is 0 Å². The highest BCUT2D eigenvalue weighted by Crippen LogP contribution is 2.26. The number of benzene rings is 1. The molecule has 1 aromatic rings. The third-order valence-electron chi connectivity index (χ3n) is 4.60. The van der Waals surface area contributed by atoms with Crippen LogP contribution < -0.4 is 14.8 Å². The molecule has 1 aromatic carbocycles. The van der Waals surface area contributed by atoms with E-state index in [1.54, 1.807) is 26.8 Å². The van der Waals surface area contributed by atoms with Crippen molar-refractivity contribution in [2.45, 2.75) is 82.2 Å². The number of hydrogen-bond donors (Lipinski definition) is 2. The number of amides is 1. The molecule has 0 aromatic heterocycles. The Bertz CT molecular complexity index is 746. The van der Waals surface area contributed by atoms with Gasteiger partial charge >= 0.3 is 0 Å². The van der Waals surface area contributed by atoms with Crippen molar-refractivity contribution >= 4 is 15.9 Å². The van der Waals surface area contributed by atoms with Crippen LogP contribution in [0.15, 0.2) is 23.1 Å². The third-order valence-corrected chi connectivity index (χ3v) is 6.38. The summed E-state index contributed by atoms with van der Waals surface area (Å²) >= 11 is 0. The minimum atomic E-state index is -3.82. The van der Waals surface area contributed by atoms with Gasteiger partial charge in [0.1, 0.15) is 10.6 Å². The highest BCUT2D eigenvalue weighted by Gasteiger charge is 2.26. The number of hydrogen-bond acceptors (Lipinski definition) is 4. The molecule has 7 heteroatoms. The summed E-state index contributed by atoms with van der Waals surface area (Å²) in [7, 11) is -2.40. The Morgan fingerprint density at radius 3 is 2.22 bits per heavy atom. The topological polar surface area (TPSA) is 84.5 Å². The maximum Gasteiger partial charge on any atom is 0.251 e. The molecule has 0 bridgehead atoms. The maximum atomic E-state index is 12.8. The normalized spacial score (nSPS) is 17.0. The summed E-state index contributed by atoms with van der Waals surface area (Å²) < 4.78 is 33.3. The van der Waals surface area contributed by atoms with E-state index in [-0.39, 0.29) is 22.6 Å². The fourth-order valence-electron chi connectivity index (χ4n) is 3.36. The zero-order valence-corrected chi connectivity index (χ0v) is 17.6. The predicted molar refractivity (Wildman–Crippen MR) is 107 cm³/mol. The van der Waals surface area contributed by atoms with Crippen molar-refractivity contribution in [3.8, 4) is 5.75 Å². The van der Waals surface area contributed by atoms with Gasteiger partial charge in [-0.05, 0) is 51.8 Å². The van der Waals surface area contributed by atoms with Crippen molar-refractivity contribution in [3.05, 3.63) is 23.8 Å². The van der Waals surface area contributed by atoms with Gasteiger partial charge in [0.25, 0.3) is 5.91 Å². The van der Waals surface area contributed by atoms with Crippen LogP contribution in [0.25, 0.3) is 0 Å². The van der Waals surface area contributed by atoms with Gasteiger partial charge in [0, 0.05) is 17.1 Å². The van der Waals surface area contributed by atoms with Gasteiger partial charge in [-0.25, -0.2) is 13.1 Å². The van der Waals surface area contributed by atoms with Gasteiger partial charge in [-0.15, -0.1) is 0 Å². The van der Waals surface area contributed by atoms with Crippen LogP contribution in [0.1, 0.15) is 76.1 Å². The molecule has 0 aliphatic heterocycles. The molecule has 0 radical (unpaired) electrons. The summed E-state index contributed by atoms with van der Waals surface area (Å²) in [5.74, 6) is -0.0234. The fourth-order valence-corrected chi connectivity index (χ4v) is 4.97. The van der Waals surface area contributed by atoms with Gasteiger partial charge in [-0.3, -0.25) is 4.79 Å². The van der Waals surface area contributed by atoms with E-state index >= 15 is 0 Å². The van der Waals surface area contributed by atoms with Crippen LogP contribution in [-0.2, 0) is 10.0 Å². The smallest absolute Gasteiger partial charge is 0.251 e. The molecule has 152 valence electrons. The Morgan fingerprint density at radius 1 is 1.07 bits per heavy atom. The molecule has 1 fully saturated rings. The standard InChI is InChI=1S/C20H32N2O4S/c1-20(2,3)22-27(24,25)18-14-15(12-13-17(18)26-4)19(23)21-16-10-8-6-5-7-9-11-16/h12-14,16,22H,5-11H2,1-4H3,(H,21,23). The first kappa shape index (κ1) is 21.7. The van der Waals surface area contributed by atoms with E-state index in [0.29, 0.717) is 5.56 Å². The van der Waals surface area contributed by atoms with Crippen molar-refractivity contribution in [1.82, 2.24) is 10.0 Å². The Kier molecular flexibility index (Phi) is 7.28.